The van der Waals surface area contributed by atoms with Crippen LogP contribution in [0, 0.1) is 40.7 Å². The maximum Gasteiger partial charge on any atom is 0.343 e. The number of nitrogens with zero attached hydrogens (tertiary/aromatic N) is 1. The fourth-order valence-electron chi connectivity index (χ4n) is 5.82. The molecule has 33 heavy (non-hydrogen) atoms. The molecule has 1 unspecified atom stereocenters. The van der Waals surface area contributed by atoms with Crippen LogP contribution in [0.2, 0.25) is 0 Å². The van der Waals surface area contributed by atoms with Crippen LogP contribution in [-0.4, -0.2) is 5.97 Å². The first kappa shape index (κ1) is 23.4. The molecule has 0 amide bonds. The predicted octanol–water partition coefficient (Wildman–Crippen LogP) is 7.55. The highest BCUT2D eigenvalue weighted by Gasteiger charge is 2.36. The Morgan fingerprint density at radius 3 is 2.55 bits per heavy atom. The number of hydrogen-bond donors (Lipinski definition) is 0. The minimum atomic E-state index is -0.765. The lowest BCUT2D eigenvalue weighted by atomic mass is 9.63. The van der Waals surface area contributed by atoms with Gasteiger partial charge in [0.25, 0.3) is 0 Å². The molecule has 2 aliphatic rings. The van der Waals surface area contributed by atoms with E-state index in [-0.39, 0.29) is 28.6 Å². The molecule has 4 atom stereocenters. The number of fused-ring (bicyclic) bond motifs is 1. The van der Waals surface area contributed by atoms with Gasteiger partial charge in [-0.1, -0.05) is 38.7 Å². The third-order valence-corrected chi connectivity index (χ3v) is 7.64. The van der Waals surface area contributed by atoms with Crippen molar-refractivity contribution in [2.24, 2.45) is 17.8 Å². The van der Waals surface area contributed by atoms with Crippen LogP contribution in [0.25, 0.3) is 0 Å². The Balaban J connectivity index is 1.38. The summed E-state index contributed by atoms with van der Waals surface area (Å²) < 4.78 is 33.9. The van der Waals surface area contributed by atoms with Gasteiger partial charge in [0.15, 0.2) is 0 Å². The number of benzene rings is 2. The van der Waals surface area contributed by atoms with E-state index in [1.54, 1.807) is 18.2 Å². The number of carbonyl (C=O) groups is 1. The highest BCUT2D eigenvalue weighted by molar-refractivity contribution is 5.91. The fourth-order valence-corrected chi connectivity index (χ4v) is 5.82. The van der Waals surface area contributed by atoms with E-state index < -0.39 is 11.8 Å². The van der Waals surface area contributed by atoms with Gasteiger partial charge in [0.05, 0.1) is 11.1 Å². The molecule has 2 saturated carbocycles. The quantitative estimate of drug-likeness (QED) is 0.337. The van der Waals surface area contributed by atoms with E-state index in [1.807, 2.05) is 0 Å². The zero-order chi connectivity index (χ0) is 23.4. The summed E-state index contributed by atoms with van der Waals surface area (Å²) in [5.74, 6) is 0.604. The molecule has 3 nitrogen and oxygen atoms in total. The van der Waals surface area contributed by atoms with Gasteiger partial charge >= 0.3 is 5.97 Å². The standard InChI is InChI=1S/C28H31F2NO2/c1-2-3-4-18-5-6-20-14-21(8-7-19(20)13-18)25-12-10-22(15-27(25)30)28(32)33-24-11-9-23(17-31)26(29)16-24/h9-12,15-16,18-21H,2-8,13-14H2,1H3/t18-,19-,20+,21?/m0/s1. The molecule has 4 rings (SSSR count). The van der Waals surface area contributed by atoms with Gasteiger partial charge in [-0.15, -0.1) is 0 Å². The van der Waals surface area contributed by atoms with Crippen LogP contribution in [0.5, 0.6) is 5.75 Å². The van der Waals surface area contributed by atoms with Crippen molar-refractivity contribution in [2.45, 2.75) is 70.6 Å². The first-order chi connectivity index (χ1) is 16.0. The zero-order valence-electron chi connectivity index (χ0n) is 19.2. The Bertz CT molecular complexity index is 1040. The van der Waals surface area contributed by atoms with E-state index >= 15 is 4.39 Å². The second-order valence-electron chi connectivity index (χ2n) is 9.73. The number of nitriles is 1. The van der Waals surface area contributed by atoms with Crippen molar-refractivity contribution >= 4 is 5.97 Å². The minimum Gasteiger partial charge on any atom is -0.423 e. The maximum absolute atomic E-state index is 15.0. The minimum absolute atomic E-state index is 0.0196. The van der Waals surface area contributed by atoms with Crippen LogP contribution in [0.1, 0.15) is 92.1 Å². The van der Waals surface area contributed by atoms with E-state index in [1.165, 1.54) is 56.7 Å². The summed E-state index contributed by atoms with van der Waals surface area (Å²) in [6.45, 7) is 2.25. The molecule has 2 aromatic rings. The van der Waals surface area contributed by atoms with Crippen molar-refractivity contribution in [1.82, 2.24) is 0 Å². The average Bonchev–Trinajstić information content (AvgIpc) is 2.82. The summed E-state index contributed by atoms with van der Waals surface area (Å²) in [5.41, 5.74) is 0.642. The summed E-state index contributed by atoms with van der Waals surface area (Å²) in [4.78, 5) is 12.4. The van der Waals surface area contributed by atoms with Gasteiger partial charge in [-0.05, 0) is 85.6 Å². The van der Waals surface area contributed by atoms with Crippen LogP contribution >= 0.6 is 0 Å². The molecule has 0 spiro atoms. The molecule has 0 aliphatic heterocycles. The van der Waals surface area contributed by atoms with E-state index in [4.69, 9.17) is 10.00 Å². The Morgan fingerprint density at radius 1 is 1.03 bits per heavy atom. The number of unbranched alkanes of at least 4 members (excludes halogenated alkanes) is 1. The topological polar surface area (TPSA) is 50.1 Å². The largest absolute Gasteiger partial charge is 0.423 e. The molecule has 0 aromatic heterocycles. The average molecular weight is 452 g/mol. The van der Waals surface area contributed by atoms with Crippen molar-refractivity contribution in [1.29, 1.82) is 5.26 Å². The molecule has 0 N–H and O–H groups in total. The monoisotopic (exact) mass is 451 g/mol. The fraction of sp³-hybridized carbons (Fsp3) is 0.500. The van der Waals surface area contributed by atoms with E-state index in [0.29, 0.717) is 11.5 Å². The molecule has 5 heteroatoms. The first-order valence-corrected chi connectivity index (χ1v) is 12.2. The molecule has 0 bridgehead atoms. The molecule has 0 radical (unpaired) electrons. The highest BCUT2D eigenvalue weighted by Crippen LogP contribution is 2.48. The van der Waals surface area contributed by atoms with Gasteiger partial charge < -0.3 is 4.74 Å². The second kappa shape index (κ2) is 10.5. The molecule has 2 aliphatic carbocycles. The Hall–Kier alpha value is -2.74. The SMILES string of the molecule is CCCC[C@H]1CC[C@@H]2CC(c3ccc(C(=O)Oc4ccc(C#N)c(F)c4)cc3F)CC[C@H]2C1. The van der Waals surface area contributed by atoms with Crippen LogP contribution in [0.4, 0.5) is 8.78 Å². The second-order valence-corrected chi connectivity index (χ2v) is 9.73. The van der Waals surface area contributed by atoms with Gasteiger partial charge in [0.2, 0.25) is 0 Å². The van der Waals surface area contributed by atoms with Crippen LogP contribution in [-0.2, 0) is 0 Å². The number of hydrogen-bond acceptors (Lipinski definition) is 3. The number of halogens is 2. The summed E-state index contributed by atoms with van der Waals surface area (Å²) >= 11 is 0. The third-order valence-electron chi connectivity index (χ3n) is 7.64. The summed E-state index contributed by atoms with van der Waals surface area (Å²) in [6, 6.07) is 9.82. The lowest BCUT2D eigenvalue weighted by Gasteiger charge is -2.42. The molecule has 2 fully saturated rings. The number of ether oxygens (including phenoxy) is 1. The molecule has 2 aromatic carbocycles. The van der Waals surface area contributed by atoms with Crippen molar-refractivity contribution in [3.63, 3.8) is 0 Å². The lowest BCUT2D eigenvalue weighted by Crippen LogP contribution is -2.30. The zero-order valence-corrected chi connectivity index (χ0v) is 19.2. The maximum atomic E-state index is 15.0. The van der Waals surface area contributed by atoms with Gasteiger partial charge in [-0.3, -0.25) is 0 Å². The van der Waals surface area contributed by atoms with Crippen molar-refractivity contribution < 1.29 is 18.3 Å². The Kier molecular flexibility index (Phi) is 7.42. The Labute approximate surface area is 194 Å². The van der Waals surface area contributed by atoms with Crippen molar-refractivity contribution in [2.75, 3.05) is 0 Å². The molecule has 0 heterocycles. The van der Waals surface area contributed by atoms with Gasteiger partial charge in [-0.2, -0.15) is 5.26 Å². The van der Waals surface area contributed by atoms with E-state index in [2.05, 4.69) is 6.92 Å². The third kappa shape index (κ3) is 5.43. The van der Waals surface area contributed by atoms with E-state index in [9.17, 15) is 9.18 Å². The van der Waals surface area contributed by atoms with Crippen LogP contribution in [0.15, 0.2) is 36.4 Å². The molecular formula is C28H31F2NO2. The van der Waals surface area contributed by atoms with Gasteiger partial charge in [0, 0.05) is 6.07 Å². The van der Waals surface area contributed by atoms with E-state index in [0.717, 1.165) is 37.2 Å². The summed E-state index contributed by atoms with van der Waals surface area (Å²) in [7, 11) is 0. The molecule has 0 saturated heterocycles. The molecular weight excluding hydrogens is 420 g/mol. The van der Waals surface area contributed by atoms with Crippen molar-refractivity contribution in [3.05, 3.63) is 64.7 Å². The van der Waals surface area contributed by atoms with Crippen LogP contribution < -0.4 is 4.74 Å². The predicted molar refractivity (Wildman–Crippen MR) is 123 cm³/mol. The lowest BCUT2D eigenvalue weighted by molar-refractivity contribution is 0.0733. The van der Waals surface area contributed by atoms with Crippen LogP contribution in [0.3, 0.4) is 0 Å². The number of rotatable bonds is 6. The smallest absolute Gasteiger partial charge is 0.343 e. The number of esters is 1. The number of carbonyl (C=O) groups excluding carboxylic acids is 1. The van der Waals surface area contributed by atoms with Gasteiger partial charge in [0.1, 0.15) is 23.5 Å². The first-order valence-electron chi connectivity index (χ1n) is 12.2. The Morgan fingerprint density at radius 2 is 1.82 bits per heavy atom. The normalized spacial score (nSPS) is 24.5. The van der Waals surface area contributed by atoms with Gasteiger partial charge in [-0.25, -0.2) is 13.6 Å². The van der Waals surface area contributed by atoms with Crippen molar-refractivity contribution in [3.8, 4) is 11.8 Å². The summed E-state index contributed by atoms with van der Waals surface area (Å²) in [6.07, 6.45) is 11.0. The summed E-state index contributed by atoms with van der Waals surface area (Å²) in [5, 5.41) is 8.80. The molecule has 174 valence electrons. The highest BCUT2D eigenvalue weighted by atomic mass is 19.1.